The van der Waals surface area contributed by atoms with Crippen molar-refractivity contribution < 1.29 is 22.7 Å². The first-order valence-corrected chi connectivity index (χ1v) is 11.7. The van der Waals surface area contributed by atoms with E-state index in [-0.39, 0.29) is 12.5 Å². The number of nitrogens with zero attached hydrogens (tertiary/aromatic N) is 2. The van der Waals surface area contributed by atoms with Crippen LogP contribution >= 0.6 is 0 Å². The van der Waals surface area contributed by atoms with Gasteiger partial charge in [-0.3, -0.25) is 13.9 Å². The molecule has 0 aliphatic rings. The van der Waals surface area contributed by atoms with Crippen LogP contribution in [0.2, 0.25) is 0 Å². The van der Waals surface area contributed by atoms with Crippen LogP contribution in [0, 0.1) is 0 Å². The van der Waals surface area contributed by atoms with Crippen molar-refractivity contribution in [3.63, 3.8) is 0 Å². The quantitative estimate of drug-likeness (QED) is 0.601. The molecule has 2 aromatic carbocycles. The van der Waals surface area contributed by atoms with Crippen molar-refractivity contribution in [3.8, 4) is 5.75 Å². The van der Waals surface area contributed by atoms with E-state index in [2.05, 4.69) is 5.32 Å². The zero-order valence-electron chi connectivity index (χ0n) is 18.2. The number of nitrogens with one attached hydrogen (secondary N) is 1. The van der Waals surface area contributed by atoms with E-state index in [0.717, 1.165) is 16.1 Å². The van der Waals surface area contributed by atoms with Gasteiger partial charge in [0.15, 0.2) is 0 Å². The Balaban J connectivity index is 2.41. The minimum atomic E-state index is -3.77. The molecule has 0 aliphatic carbocycles. The van der Waals surface area contributed by atoms with Crippen LogP contribution in [0.1, 0.15) is 18.9 Å². The van der Waals surface area contributed by atoms with E-state index < -0.39 is 28.5 Å². The standard InChI is InChI=1S/C22H29N3O5S/c1-5-20(22(27)23-2)24(15-17-10-7-6-8-11-17)21(26)16-25(31(4,28)29)18-12-9-13-19(14-18)30-3/h6-14,20H,5,15-16H2,1-4H3,(H,23,27)/t20-/m0/s1. The van der Waals surface area contributed by atoms with E-state index >= 15 is 0 Å². The number of benzene rings is 2. The van der Waals surface area contributed by atoms with Gasteiger partial charge in [0.25, 0.3) is 0 Å². The van der Waals surface area contributed by atoms with Gasteiger partial charge in [0.1, 0.15) is 18.3 Å². The molecule has 168 valence electrons. The molecule has 0 spiro atoms. The zero-order valence-corrected chi connectivity index (χ0v) is 19.1. The van der Waals surface area contributed by atoms with Crippen LogP contribution in [-0.2, 0) is 26.2 Å². The Labute approximate surface area is 183 Å². The molecular formula is C22H29N3O5S. The van der Waals surface area contributed by atoms with Gasteiger partial charge in [-0.25, -0.2) is 8.42 Å². The predicted octanol–water partition coefficient (Wildman–Crippen LogP) is 2.01. The van der Waals surface area contributed by atoms with Gasteiger partial charge in [0.2, 0.25) is 21.8 Å². The number of anilines is 1. The maximum atomic E-state index is 13.4. The van der Waals surface area contributed by atoms with Gasteiger partial charge in [-0.15, -0.1) is 0 Å². The van der Waals surface area contributed by atoms with E-state index in [9.17, 15) is 18.0 Å². The minimum Gasteiger partial charge on any atom is -0.497 e. The second kappa shape index (κ2) is 10.8. The van der Waals surface area contributed by atoms with Crippen molar-refractivity contribution in [1.29, 1.82) is 0 Å². The van der Waals surface area contributed by atoms with Crippen molar-refractivity contribution in [2.75, 3.05) is 31.3 Å². The molecule has 0 aromatic heterocycles. The summed E-state index contributed by atoms with van der Waals surface area (Å²) in [5, 5.41) is 2.59. The summed E-state index contributed by atoms with van der Waals surface area (Å²) in [4.78, 5) is 27.2. The fraction of sp³-hybridized carbons (Fsp3) is 0.364. The van der Waals surface area contributed by atoms with Crippen LogP contribution in [0.3, 0.4) is 0 Å². The monoisotopic (exact) mass is 447 g/mol. The molecule has 1 atom stereocenters. The first-order chi connectivity index (χ1) is 14.7. The van der Waals surface area contributed by atoms with Crippen LogP contribution in [-0.4, -0.2) is 58.1 Å². The van der Waals surface area contributed by atoms with E-state index in [1.807, 2.05) is 37.3 Å². The highest BCUT2D eigenvalue weighted by Crippen LogP contribution is 2.24. The number of methoxy groups -OCH3 is 1. The zero-order chi connectivity index (χ0) is 23.0. The summed E-state index contributed by atoms with van der Waals surface area (Å²) < 4.78 is 31.2. The average Bonchev–Trinajstić information content (AvgIpc) is 2.76. The third-order valence-corrected chi connectivity index (χ3v) is 5.99. The van der Waals surface area contributed by atoms with Gasteiger partial charge in [0, 0.05) is 19.7 Å². The van der Waals surface area contributed by atoms with Crippen LogP contribution in [0.4, 0.5) is 5.69 Å². The summed E-state index contributed by atoms with van der Waals surface area (Å²) >= 11 is 0. The molecule has 31 heavy (non-hydrogen) atoms. The van der Waals surface area contributed by atoms with E-state index in [1.54, 1.807) is 24.3 Å². The highest BCUT2D eigenvalue weighted by atomic mass is 32.2. The maximum absolute atomic E-state index is 13.4. The molecule has 0 radical (unpaired) electrons. The molecule has 8 nitrogen and oxygen atoms in total. The van der Waals surface area contributed by atoms with Crippen molar-refractivity contribution in [2.24, 2.45) is 0 Å². The molecule has 2 aromatic rings. The topological polar surface area (TPSA) is 96.0 Å². The highest BCUT2D eigenvalue weighted by molar-refractivity contribution is 7.92. The Kier molecular flexibility index (Phi) is 8.44. The highest BCUT2D eigenvalue weighted by Gasteiger charge is 2.31. The number of carbonyl (C=O) groups excluding carboxylic acids is 2. The predicted molar refractivity (Wildman–Crippen MR) is 120 cm³/mol. The number of sulfonamides is 1. The Morgan fingerprint density at radius 1 is 1.10 bits per heavy atom. The number of hydrogen-bond acceptors (Lipinski definition) is 5. The summed E-state index contributed by atoms with van der Waals surface area (Å²) in [5.74, 6) is -0.317. The molecule has 0 aliphatic heterocycles. The molecule has 2 amide bonds. The summed E-state index contributed by atoms with van der Waals surface area (Å²) in [6.45, 7) is 1.55. The maximum Gasteiger partial charge on any atom is 0.244 e. The second-order valence-electron chi connectivity index (χ2n) is 7.02. The van der Waals surface area contributed by atoms with Crippen molar-refractivity contribution in [1.82, 2.24) is 10.2 Å². The second-order valence-corrected chi connectivity index (χ2v) is 8.92. The molecule has 0 bridgehead atoms. The normalized spacial score (nSPS) is 12.0. The van der Waals surface area contributed by atoms with Gasteiger partial charge in [-0.05, 0) is 24.1 Å². The molecule has 9 heteroatoms. The van der Waals surface area contributed by atoms with Crippen molar-refractivity contribution >= 4 is 27.5 Å². The Morgan fingerprint density at radius 3 is 2.32 bits per heavy atom. The molecule has 0 saturated heterocycles. The number of amides is 2. The number of ether oxygens (including phenoxy) is 1. The molecule has 0 fully saturated rings. The summed E-state index contributed by atoms with van der Waals surface area (Å²) in [7, 11) is -0.786. The molecule has 2 rings (SSSR count). The summed E-state index contributed by atoms with van der Waals surface area (Å²) in [6.07, 6.45) is 1.42. The van der Waals surface area contributed by atoms with Gasteiger partial charge in [-0.2, -0.15) is 0 Å². The third kappa shape index (κ3) is 6.45. The lowest BCUT2D eigenvalue weighted by Gasteiger charge is -2.32. The smallest absolute Gasteiger partial charge is 0.244 e. The van der Waals surface area contributed by atoms with Gasteiger partial charge in [-0.1, -0.05) is 43.3 Å². The molecule has 0 unspecified atom stereocenters. The van der Waals surface area contributed by atoms with Gasteiger partial charge < -0.3 is 15.0 Å². The molecule has 0 saturated carbocycles. The van der Waals surface area contributed by atoms with Crippen LogP contribution in [0.25, 0.3) is 0 Å². The average molecular weight is 448 g/mol. The molecule has 0 heterocycles. The molecular weight excluding hydrogens is 418 g/mol. The third-order valence-electron chi connectivity index (χ3n) is 4.85. The lowest BCUT2D eigenvalue weighted by molar-refractivity contribution is -0.140. The lowest BCUT2D eigenvalue weighted by Crippen LogP contribution is -2.51. The van der Waals surface area contributed by atoms with E-state index in [0.29, 0.717) is 17.9 Å². The van der Waals surface area contributed by atoms with Crippen LogP contribution in [0.15, 0.2) is 54.6 Å². The lowest BCUT2D eigenvalue weighted by atomic mass is 10.1. The van der Waals surface area contributed by atoms with E-state index in [4.69, 9.17) is 4.74 Å². The fourth-order valence-corrected chi connectivity index (χ4v) is 4.09. The van der Waals surface area contributed by atoms with E-state index in [1.165, 1.54) is 19.1 Å². The SMILES string of the molecule is CC[C@@H](C(=O)NC)N(Cc1ccccc1)C(=O)CN(c1cccc(OC)c1)S(C)(=O)=O. The van der Waals surface area contributed by atoms with Gasteiger partial charge in [0.05, 0.1) is 19.1 Å². The number of likely N-dealkylation sites (N-methyl/N-ethyl adjacent to an activating group) is 1. The number of hydrogen-bond donors (Lipinski definition) is 1. The summed E-state index contributed by atoms with van der Waals surface area (Å²) in [6, 6.07) is 15.0. The van der Waals surface area contributed by atoms with Crippen LogP contribution < -0.4 is 14.4 Å². The summed E-state index contributed by atoms with van der Waals surface area (Å²) in [5.41, 5.74) is 1.15. The van der Waals surface area contributed by atoms with Crippen molar-refractivity contribution in [2.45, 2.75) is 25.9 Å². The Hall–Kier alpha value is -3.07. The van der Waals surface area contributed by atoms with Crippen molar-refractivity contribution in [3.05, 3.63) is 60.2 Å². The fourth-order valence-electron chi connectivity index (χ4n) is 3.25. The Morgan fingerprint density at radius 2 is 1.77 bits per heavy atom. The largest absolute Gasteiger partial charge is 0.497 e. The first-order valence-electron chi connectivity index (χ1n) is 9.88. The number of carbonyl (C=O) groups is 2. The Bertz CT molecular complexity index is 995. The number of rotatable bonds is 10. The molecule has 1 N–H and O–H groups in total. The van der Waals surface area contributed by atoms with Gasteiger partial charge >= 0.3 is 0 Å². The first kappa shape index (κ1) is 24.2. The van der Waals surface area contributed by atoms with Crippen LogP contribution in [0.5, 0.6) is 5.75 Å². The minimum absolute atomic E-state index is 0.182.